The van der Waals surface area contributed by atoms with Crippen LogP contribution in [0.4, 0.5) is 29.7 Å². The molecule has 12 rings (SSSR count). The maximum absolute atomic E-state index is 16.6. The van der Waals surface area contributed by atoms with Crippen molar-refractivity contribution < 1.29 is 42.2 Å². The molecule has 7 aliphatic rings. The molecule has 2 saturated carbocycles. The van der Waals surface area contributed by atoms with Gasteiger partial charge in [-0.3, -0.25) is 9.59 Å². The number of aromatic amines is 2. The number of rotatable bonds is 12. The van der Waals surface area contributed by atoms with Gasteiger partial charge < -0.3 is 54.4 Å². The van der Waals surface area contributed by atoms with Crippen LogP contribution in [0.3, 0.4) is 0 Å². The summed E-state index contributed by atoms with van der Waals surface area (Å²) in [5.41, 5.74) is 5.50. The van der Waals surface area contributed by atoms with Gasteiger partial charge in [0, 0.05) is 44.1 Å². The third kappa shape index (κ3) is 9.58. The molecule has 416 valence electrons. The van der Waals surface area contributed by atoms with E-state index in [0.717, 1.165) is 104 Å². The number of halogens is 2. The van der Waals surface area contributed by atoms with Crippen molar-refractivity contribution >= 4 is 57.4 Å². The van der Waals surface area contributed by atoms with Gasteiger partial charge in [-0.15, -0.1) is 0 Å². The average Bonchev–Trinajstić information content (AvgIpc) is 4.49. The molecule has 0 radical (unpaired) electrons. The average molecular weight is 1070 g/mol. The molecule has 0 spiro atoms. The van der Waals surface area contributed by atoms with Crippen molar-refractivity contribution in [3.63, 3.8) is 0 Å². The first kappa shape index (κ1) is 52.2. The molecule has 78 heavy (non-hydrogen) atoms. The lowest BCUT2D eigenvalue weighted by Gasteiger charge is -2.36. The molecule has 7 fully saturated rings. The minimum atomic E-state index is -0.761. The number of methoxy groups -OCH3 is 2. The van der Waals surface area contributed by atoms with Crippen LogP contribution in [0.2, 0.25) is 0 Å². The van der Waals surface area contributed by atoms with E-state index in [1.807, 2.05) is 40.7 Å². The van der Waals surface area contributed by atoms with Crippen LogP contribution >= 0.6 is 0 Å². The van der Waals surface area contributed by atoms with Crippen molar-refractivity contribution in [3.8, 4) is 0 Å². The van der Waals surface area contributed by atoms with Gasteiger partial charge in [0.05, 0.1) is 60.5 Å². The number of piperidine rings is 1. The number of anilines is 2. The Bertz CT molecular complexity index is 3040. The summed E-state index contributed by atoms with van der Waals surface area (Å²) in [4.78, 5) is 80.2. The molecule has 5 aromatic rings. The van der Waals surface area contributed by atoms with Gasteiger partial charge in [0.15, 0.2) is 11.6 Å². The summed E-state index contributed by atoms with van der Waals surface area (Å²) >= 11 is 0. The summed E-state index contributed by atoms with van der Waals surface area (Å²) in [5.74, 6) is 0.359. The molecule has 4 N–H and O–H groups in total. The second kappa shape index (κ2) is 21.6. The number of aromatic nitrogens is 4. The van der Waals surface area contributed by atoms with Crippen LogP contribution < -0.4 is 20.4 Å². The Balaban J connectivity index is 0.874. The number of nitrogens with one attached hydrogen (secondary N) is 4. The lowest BCUT2D eigenvalue weighted by atomic mass is 9.90. The van der Waals surface area contributed by atoms with Crippen LogP contribution in [0.25, 0.3) is 22.1 Å². The van der Waals surface area contributed by atoms with Crippen molar-refractivity contribution in [2.75, 3.05) is 50.3 Å². The number of benzene rings is 3. The topological polar surface area (TPSA) is 190 Å². The molecule has 5 aliphatic heterocycles. The van der Waals surface area contributed by atoms with Crippen molar-refractivity contribution in [1.82, 2.24) is 40.4 Å². The first-order valence-corrected chi connectivity index (χ1v) is 28.8. The molecule has 2 aliphatic carbocycles. The van der Waals surface area contributed by atoms with Gasteiger partial charge in [0.2, 0.25) is 11.8 Å². The van der Waals surface area contributed by atoms with Crippen molar-refractivity contribution in [1.29, 1.82) is 0 Å². The van der Waals surface area contributed by atoms with Gasteiger partial charge in [-0.25, -0.2) is 28.3 Å². The standard InChI is InChI=1S/C59H74F2N10O7/c1-32(2)51(66-58(74)76-3)56(72)70-45-12-8-10-34(45)28-49(70)54-62-41-16-14-36(26-43(41)64-54)47-18-19-48(69(47)38-30-39(60)53(40(61)31-38)68-22-6-5-7-23-68)37-15-17-42-44(27-37)65-55(63-42)50-29-35-11-9-13-46(35)71(50)57(73)52(67-59(75)77-4)33-20-24-78-25-21-33/h14-17,26-27,30-35,45-52H,5-13,18-25,28-29H2,1-4H3,(H,62,64)(H,63,65)(H,66,74)(H,67,75)/t34-,35-,45-,46-,47+,48+,49-,50-,51-,52-/m0/s1. The van der Waals surface area contributed by atoms with Crippen LogP contribution in [-0.4, -0.2) is 118 Å². The zero-order valence-electron chi connectivity index (χ0n) is 45.3. The second-order valence-corrected chi connectivity index (χ2v) is 23.6. The highest BCUT2D eigenvalue weighted by molar-refractivity contribution is 5.88. The number of alkyl carbamates (subject to hydrolysis) is 2. The molecule has 19 heteroatoms. The highest BCUT2D eigenvalue weighted by Gasteiger charge is 2.52. The van der Waals surface area contributed by atoms with E-state index in [9.17, 15) is 19.2 Å². The van der Waals surface area contributed by atoms with Crippen molar-refractivity contribution in [3.05, 3.63) is 82.9 Å². The molecule has 5 saturated heterocycles. The molecule has 3 aromatic carbocycles. The summed E-state index contributed by atoms with van der Waals surface area (Å²) in [6, 6.07) is 12.7. The fourth-order valence-corrected chi connectivity index (χ4v) is 15.1. The van der Waals surface area contributed by atoms with Gasteiger partial charge in [0.1, 0.15) is 29.4 Å². The van der Waals surface area contributed by atoms with E-state index < -0.39 is 35.9 Å². The van der Waals surface area contributed by atoms with E-state index in [4.69, 9.17) is 24.2 Å². The Kier molecular flexibility index (Phi) is 14.5. The third-order valence-electron chi connectivity index (χ3n) is 18.8. The van der Waals surface area contributed by atoms with Crippen LogP contribution in [0.15, 0.2) is 48.5 Å². The number of imidazole rings is 2. The van der Waals surface area contributed by atoms with Crippen LogP contribution in [-0.2, 0) is 23.8 Å². The Morgan fingerprint density at radius 2 is 1.17 bits per heavy atom. The second-order valence-electron chi connectivity index (χ2n) is 23.6. The molecule has 17 nitrogen and oxygen atoms in total. The lowest BCUT2D eigenvalue weighted by molar-refractivity contribution is -0.139. The highest BCUT2D eigenvalue weighted by Crippen LogP contribution is 2.52. The lowest BCUT2D eigenvalue weighted by Crippen LogP contribution is -2.55. The summed E-state index contributed by atoms with van der Waals surface area (Å²) in [6.07, 6.45) is 11.6. The van der Waals surface area contributed by atoms with Crippen LogP contribution in [0.1, 0.15) is 157 Å². The van der Waals surface area contributed by atoms with Gasteiger partial charge in [0.25, 0.3) is 0 Å². The predicted octanol–water partition coefficient (Wildman–Crippen LogP) is 10.2. The van der Waals surface area contributed by atoms with Gasteiger partial charge in [-0.05, 0) is 155 Å². The number of ether oxygens (including phenoxy) is 3. The minimum Gasteiger partial charge on any atom is -0.453 e. The number of H-pyrrole nitrogens is 2. The number of nitrogens with zero attached hydrogens (tertiary/aromatic N) is 6. The highest BCUT2D eigenvalue weighted by atomic mass is 19.1. The molecule has 10 atom stereocenters. The fourth-order valence-electron chi connectivity index (χ4n) is 15.1. The quantitative estimate of drug-likeness (QED) is 0.0930. The predicted molar refractivity (Wildman–Crippen MR) is 290 cm³/mol. The van der Waals surface area contributed by atoms with E-state index in [2.05, 4.69) is 49.8 Å². The zero-order valence-corrected chi connectivity index (χ0v) is 45.3. The number of amides is 4. The van der Waals surface area contributed by atoms with Crippen molar-refractivity contribution in [2.45, 2.75) is 158 Å². The Morgan fingerprint density at radius 1 is 0.641 bits per heavy atom. The third-order valence-corrected chi connectivity index (χ3v) is 18.8. The summed E-state index contributed by atoms with van der Waals surface area (Å²) in [7, 11) is 2.62. The molecule has 4 amide bonds. The van der Waals surface area contributed by atoms with Gasteiger partial charge in [-0.1, -0.05) is 38.8 Å². The molecular weight excluding hydrogens is 999 g/mol. The number of hydrogen-bond donors (Lipinski definition) is 4. The summed E-state index contributed by atoms with van der Waals surface area (Å²) in [6.45, 7) is 6.10. The molecule has 7 heterocycles. The van der Waals surface area contributed by atoms with E-state index in [0.29, 0.717) is 81.2 Å². The number of likely N-dealkylation sites (tertiary alicyclic amines) is 2. The van der Waals surface area contributed by atoms with E-state index in [1.54, 1.807) is 0 Å². The van der Waals surface area contributed by atoms with Crippen LogP contribution in [0, 0.1) is 35.3 Å². The SMILES string of the molecule is COC(=O)N[C@H](C(=O)N1[C@H](c2nc3ccc([C@H]4CC[C@H](c5ccc6nc([C@@H]7C[C@@H]8CCC[C@@H]8N7C(=O)[C@@H](NC(=O)OC)C7CCOCC7)[nH]c6c5)N4c4cc(F)c(N5CCCCC5)c(F)c4)cc3[nH]2)C[C@@H]2CCC[C@@H]21)C(C)C. The molecule has 0 unspecified atom stereocenters. The van der Waals surface area contributed by atoms with E-state index in [-0.39, 0.29) is 65.6 Å². The zero-order chi connectivity index (χ0) is 53.9. The molecule has 0 bridgehead atoms. The van der Waals surface area contributed by atoms with E-state index in [1.165, 1.54) is 26.4 Å². The maximum atomic E-state index is 16.6. The van der Waals surface area contributed by atoms with Crippen LogP contribution in [0.5, 0.6) is 0 Å². The summed E-state index contributed by atoms with van der Waals surface area (Å²) < 4.78 is 48.9. The number of carbonyl (C=O) groups excluding carboxylic acids is 4. The fraction of sp³-hybridized carbons (Fsp3) is 0.593. The summed E-state index contributed by atoms with van der Waals surface area (Å²) in [5, 5.41) is 5.71. The van der Waals surface area contributed by atoms with Gasteiger partial charge >= 0.3 is 12.2 Å². The first-order valence-electron chi connectivity index (χ1n) is 28.8. The number of fused-ring (bicyclic) bond motifs is 4. The number of hydrogen-bond acceptors (Lipinski definition) is 11. The Labute approximate surface area is 453 Å². The van der Waals surface area contributed by atoms with Crippen molar-refractivity contribution in [2.24, 2.45) is 23.7 Å². The van der Waals surface area contributed by atoms with Gasteiger partial charge in [-0.2, -0.15) is 0 Å². The Morgan fingerprint density at radius 3 is 1.69 bits per heavy atom. The Hall–Kier alpha value is -6.50. The van der Waals surface area contributed by atoms with E-state index >= 15 is 8.78 Å². The molecule has 2 aromatic heterocycles. The molecular formula is C59H74F2N10O7. The maximum Gasteiger partial charge on any atom is 0.407 e. The number of carbonyl (C=O) groups is 4. The monoisotopic (exact) mass is 1070 g/mol. The normalized spacial score (nSPS) is 27.2. The smallest absolute Gasteiger partial charge is 0.407 e. The minimum absolute atomic E-state index is 0.0247. The first-order chi connectivity index (χ1) is 37.9. The largest absolute Gasteiger partial charge is 0.453 e.